The number of Topliss-reactive ketones (excluding diaryl/α,β-unsaturated/α-hetero) is 1. The van der Waals surface area contributed by atoms with Crippen molar-refractivity contribution in [1.82, 2.24) is 0 Å². The third-order valence-corrected chi connectivity index (χ3v) is 9.69. The first-order chi connectivity index (χ1) is 14.4. The van der Waals surface area contributed by atoms with Crippen LogP contribution in [0.4, 0.5) is 0 Å². The molecule has 0 heterocycles. The highest BCUT2D eigenvalue weighted by atomic mass is 16.1. The van der Waals surface area contributed by atoms with Crippen LogP contribution in [0.25, 0.3) is 0 Å². The zero-order valence-corrected chi connectivity index (χ0v) is 18.7. The van der Waals surface area contributed by atoms with E-state index in [1.807, 2.05) is 0 Å². The zero-order chi connectivity index (χ0) is 20.9. The molecule has 0 radical (unpaired) electrons. The van der Waals surface area contributed by atoms with Crippen molar-refractivity contribution in [2.75, 3.05) is 0 Å². The predicted molar refractivity (Wildman–Crippen MR) is 120 cm³/mol. The molecular weight excluding hydrogens is 368 g/mol. The summed E-state index contributed by atoms with van der Waals surface area (Å²) < 4.78 is 0. The van der Waals surface area contributed by atoms with E-state index in [1.54, 1.807) is 0 Å². The number of ketones is 2. The second-order valence-corrected chi connectivity index (χ2v) is 11.1. The molecule has 0 N–H and O–H groups in total. The molecule has 5 rings (SSSR count). The van der Waals surface area contributed by atoms with Gasteiger partial charge in [0, 0.05) is 18.3 Å². The van der Waals surface area contributed by atoms with Crippen LogP contribution in [-0.2, 0) is 16.0 Å². The predicted octanol–water partition coefficient (Wildman–Crippen LogP) is 6.34. The molecular formula is C28H36O2. The molecule has 3 saturated carbocycles. The number of carbonyl (C=O) groups excluding carboxylic acids is 2. The van der Waals surface area contributed by atoms with E-state index >= 15 is 0 Å². The fraction of sp³-hybridized carbons (Fsp3) is 0.643. The molecule has 2 heteroatoms. The molecule has 2 nitrogen and oxygen atoms in total. The summed E-state index contributed by atoms with van der Waals surface area (Å²) in [5, 5.41) is 0. The molecule has 0 aromatic heterocycles. The van der Waals surface area contributed by atoms with Crippen LogP contribution in [0, 0.1) is 34.5 Å². The summed E-state index contributed by atoms with van der Waals surface area (Å²) in [6.45, 7) is 4.73. The van der Waals surface area contributed by atoms with Crippen molar-refractivity contribution >= 4 is 11.6 Å². The maximum absolute atomic E-state index is 12.8. The highest BCUT2D eigenvalue weighted by Gasteiger charge is 2.60. The van der Waals surface area contributed by atoms with Gasteiger partial charge in [-0.15, -0.1) is 0 Å². The van der Waals surface area contributed by atoms with Crippen molar-refractivity contribution in [3.05, 3.63) is 47.5 Å². The van der Waals surface area contributed by atoms with Gasteiger partial charge in [-0.3, -0.25) is 9.59 Å². The lowest BCUT2D eigenvalue weighted by molar-refractivity contribution is -0.133. The Morgan fingerprint density at radius 2 is 1.70 bits per heavy atom. The van der Waals surface area contributed by atoms with E-state index in [2.05, 4.69) is 50.3 Å². The van der Waals surface area contributed by atoms with Gasteiger partial charge in [-0.1, -0.05) is 49.8 Å². The van der Waals surface area contributed by atoms with Gasteiger partial charge in [-0.2, -0.15) is 0 Å². The first-order valence-corrected chi connectivity index (χ1v) is 12.2. The Hall–Kier alpha value is -1.70. The maximum Gasteiger partial charge on any atom is 0.155 e. The number of fused-ring (bicyclic) bond motifs is 5. The molecule has 0 saturated heterocycles. The minimum Gasteiger partial charge on any atom is -0.299 e. The molecule has 4 aliphatic carbocycles. The first kappa shape index (κ1) is 20.2. The third-order valence-electron chi connectivity index (χ3n) is 9.69. The van der Waals surface area contributed by atoms with Gasteiger partial charge in [0.15, 0.2) is 5.78 Å². The molecule has 0 bridgehead atoms. The molecule has 0 spiro atoms. The van der Waals surface area contributed by atoms with Crippen LogP contribution >= 0.6 is 0 Å². The minimum atomic E-state index is -0.0716. The summed E-state index contributed by atoms with van der Waals surface area (Å²) in [5.74, 6) is 3.26. The van der Waals surface area contributed by atoms with Gasteiger partial charge in [0.25, 0.3) is 0 Å². The standard InChI is InChI=1S/C28H36O2/c1-27-15-13-21(29)18-25(27)20(10-6-9-19-7-4-3-5-8-19)17-22-23-11-12-26(30)28(23,2)16-14-24(22)27/h3-5,7-8,18,20,22-24H,6,9-17H2,1-2H3/t20-,22+,23+,24+,27-,28+/m1/s1. The lowest BCUT2D eigenvalue weighted by Crippen LogP contribution is -2.52. The van der Waals surface area contributed by atoms with Gasteiger partial charge in [-0.25, -0.2) is 0 Å². The molecule has 0 unspecified atom stereocenters. The van der Waals surface area contributed by atoms with Crippen molar-refractivity contribution < 1.29 is 9.59 Å². The second-order valence-electron chi connectivity index (χ2n) is 11.1. The Labute approximate surface area is 181 Å². The van der Waals surface area contributed by atoms with E-state index < -0.39 is 0 Å². The monoisotopic (exact) mass is 404 g/mol. The van der Waals surface area contributed by atoms with E-state index in [9.17, 15) is 9.59 Å². The molecule has 6 atom stereocenters. The number of benzene rings is 1. The van der Waals surface area contributed by atoms with Crippen molar-refractivity contribution in [3.8, 4) is 0 Å². The summed E-state index contributed by atoms with van der Waals surface area (Å²) in [6, 6.07) is 10.8. The van der Waals surface area contributed by atoms with E-state index in [-0.39, 0.29) is 10.8 Å². The van der Waals surface area contributed by atoms with Crippen molar-refractivity contribution in [2.24, 2.45) is 34.5 Å². The maximum atomic E-state index is 12.8. The van der Waals surface area contributed by atoms with Crippen LogP contribution in [0.1, 0.15) is 77.2 Å². The minimum absolute atomic E-state index is 0.0716. The quantitative estimate of drug-likeness (QED) is 0.587. The molecule has 3 fully saturated rings. The SMILES string of the molecule is C[C@]12CCC(=O)C=C1[C@H](CCCc1ccccc1)C[C@@H]1[C@@H]2CC[C@]2(C)C(=O)CC[C@@H]12. The average Bonchev–Trinajstić information content (AvgIpc) is 3.05. The van der Waals surface area contributed by atoms with Crippen LogP contribution in [0.3, 0.4) is 0 Å². The lowest BCUT2D eigenvalue weighted by atomic mass is 9.45. The van der Waals surface area contributed by atoms with Gasteiger partial charge in [0.2, 0.25) is 0 Å². The van der Waals surface area contributed by atoms with Crippen molar-refractivity contribution in [2.45, 2.75) is 78.1 Å². The van der Waals surface area contributed by atoms with Gasteiger partial charge in [0.05, 0.1) is 0 Å². The zero-order valence-electron chi connectivity index (χ0n) is 18.7. The summed E-state index contributed by atoms with van der Waals surface area (Å²) in [6.07, 6.45) is 12.6. The number of hydrogen-bond acceptors (Lipinski definition) is 2. The van der Waals surface area contributed by atoms with Gasteiger partial charge in [-0.05, 0) is 92.1 Å². The van der Waals surface area contributed by atoms with Crippen LogP contribution in [0.5, 0.6) is 0 Å². The number of carbonyl (C=O) groups is 2. The lowest BCUT2D eigenvalue weighted by Gasteiger charge is -2.59. The highest BCUT2D eigenvalue weighted by molar-refractivity contribution is 5.92. The topological polar surface area (TPSA) is 34.1 Å². The Balaban J connectivity index is 1.41. The van der Waals surface area contributed by atoms with Crippen molar-refractivity contribution in [1.29, 1.82) is 0 Å². The molecule has 30 heavy (non-hydrogen) atoms. The van der Waals surface area contributed by atoms with Crippen LogP contribution in [-0.4, -0.2) is 11.6 Å². The van der Waals surface area contributed by atoms with Gasteiger partial charge >= 0.3 is 0 Å². The van der Waals surface area contributed by atoms with E-state index in [4.69, 9.17) is 0 Å². The third kappa shape index (κ3) is 3.13. The molecule has 1 aromatic carbocycles. The van der Waals surface area contributed by atoms with Crippen LogP contribution in [0.2, 0.25) is 0 Å². The summed E-state index contributed by atoms with van der Waals surface area (Å²) in [5.41, 5.74) is 2.98. The van der Waals surface area contributed by atoms with Gasteiger partial charge < -0.3 is 0 Å². The Morgan fingerprint density at radius 3 is 2.50 bits per heavy atom. The van der Waals surface area contributed by atoms with E-state index in [1.165, 1.54) is 36.8 Å². The van der Waals surface area contributed by atoms with Gasteiger partial charge in [0.1, 0.15) is 5.78 Å². The van der Waals surface area contributed by atoms with Crippen molar-refractivity contribution in [3.63, 3.8) is 0 Å². The Kier molecular flexibility index (Phi) is 5.03. The fourth-order valence-corrected chi connectivity index (χ4v) is 8.03. The number of hydrogen-bond donors (Lipinski definition) is 0. The largest absolute Gasteiger partial charge is 0.299 e. The smallest absolute Gasteiger partial charge is 0.155 e. The fourth-order valence-electron chi connectivity index (χ4n) is 8.03. The second kappa shape index (κ2) is 7.46. The molecule has 4 aliphatic rings. The number of allylic oxidation sites excluding steroid dienone is 1. The van der Waals surface area contributed by atoms with Crippen LogP contribution in [0.15, 0.2) is 42.0 Å². The molecule has 1 aromatic rings. The van der Waals surface area contributed by atoms with E-state index in [0.29, 0.717) is 41.7 Å². The summed E-state index contributed by atoms with van der Waals surface area (Å²) in [4.78, 5) is 25.2. The number of rotatable bonds is 4. The number of aryl methyl sites for hydroxylation is 1. The normalized spacial score (nSPS) is 40.4. The first-order valence-electron chi connectivity index (χ1n) is 12.2. The highest BCUT2D eigenvalue weighted by Crippen LogP contribution is 2.65. The molecule has 0 amide bonds. The summed E-state index contributed by atoms with van der Waals surface area (Å²) in [7, 11) is 0. The summed E-state index contributed by atoms with van der Waals surface area (Å²) >= 11 is 0. The van der Waals surface area contributed by atoms with Crippen LogP contribution < -0.4 is 0 Å². The Bertz CT molecular complexity index is 868. The average molecular weight is 405 g/mol. The van der Waals surface area contributed by atoms with E-state index in [0.717, 1.165) is 32.1 Å². The molecule has 160 valence electrons. The molecule has 0 aliphatic heterocycles. The Morgan fingerprint density at radius 1 is 0.933 bits per heavy atom.